The zero-order valence-electron chi connectivity index (χ0n) is 6.78. The zero-order valence-corrected chi connectivity index (χ0v) is 8.37. The average Bonchev–Trinajstić information content (AvgIpc) is 2.09. The van der Waals surface area contributed by atoms with E-state index in [2.05, 4.69) is 27.8 Å². The molecule has 0 saturated heterocycles. The van der Waals surface area contributed by atoms with Crippen molar-refractivity contribution in [3.63, 3.8) is 0 Å². The van der Waals surface area contributed by atoms with Gasteiger partial charge in [-0.15, -0.1) is 6.58 Å². The molecule has 1 nitrogen and oxygen atoms in total. The Kier molecular flexibility index (Phi) is 3.42. The van der Waals surface area contributed by atoms with Gasteiger partial charge in [0, 0.05) is 12.6 Å². The quantitative estimate of drug-likeness (QED) is 0.639. The summed E-state index contributed by atoms with van der Waals surface area (Å²) in [5.41, 5.74) is 0.139. The molecule has 1 aromatic carbocycles. The Hall–Kier alpha value is -0.900. The van der Waals surface area contributed by atoms with Crippen LogP contribution in [0.25, 0.3) is 0 Å². The van der Waals surface area contributed by atoms with Gasteiger partial charge < -0.3 is 5.32 Å². The van der Waals surface area contributed by atoms with Gasteiger partial charge in [0.15, 0.2) is 0 Å². The second kappa shape index (κ2) is 4.37. The van der Waals surface area contributed by atoms with E-state index in [9.17, 15) is 8.78 Å². The minimum absolute atomic E-state index is 0.120. The summed E-state index contributed by atoms with van der Waals surface area (Å²) >= 11 is 2.89. The van der Waals surface area contributed by atoms with Crippen LogP contribution in [0.1, 0.15) is 0 Å². The minimum atomic E-state index is -0.493. The first-order chi connectivity index (χ1) is 6.15. The van der Waals surface area contributed by atoms with Crippen molar-refractivity contribution in [2.24, 2.45) is 0 Å². The molecule has 0 amide bonds. The van der Waals surface area contributed by atoms with Gasteiger partial charge in [0.05, 0.1) is 10.2 Å². The highest BCUT2D eigenvalue weighted by Crippen LogP contribution is 2.22. The fraction of sp³-hybridized carbons (Fsp3) is 0.111. The molecule has 0 spiro atoms. The average molecular weight is 248 g/mol. The Morgan fingerprint density at radius 2 is 2.08 bits per heavy atom. The number of anilines is 1. The summed E-state index contributed by atoms with van der Waals surface area (Å²) in [5, 5.41) is 2.68. The molecule has 1 rings (SSSR count). The van der Waals surface area contributed by atoms with E-state index in [0.29, 0.717) is 6.54 Å². The Morgan fingerprint density at radius 3 is 2.69 bits per heavy atom. The van der Waals surface area contributed by atoms with Crippen LogP contribution in [0, 0.1) is 11.6 Å². The van der Waals surface area contributed by atoms with Crippen LogP contribution in [0.2, 0.25) is 0 Å². The molecule has 4 heteroatoms. The third-order valence-electron chi connectivity index (χ3n) is 1.45. The van der Waals surface area contributed by atoms with Crippen molar-refractivity contribution in [3.05, 3.63) is 40.9 Å². The van der Waals surface area contributed by atoms with E-state index >= 15 is 0 Å². The lowest BCUT2D eigenvalue weighted by Gasteiger charge is -2.05. The topological polar surface area (TPSA) is 12.0 Å². The van der Waals surface area contributed by atoms with Gasteiger partial charge in [-0.1, -0.05) is 6.08 Å². The predicted molar refractivity (Wildman–Crippen MR) is 52.7 cm³/mol. The van der Waals surface area contributed by atoms with Crippen LogP contribution in [-0.4, -0.2) is 6.54 Å². The van der Waals surface area contributed by atoms with Crippen molar-refractivity contribution < 1.29 is 8.78 Å². The third-order valence-corrected chi connectivity index (χ3v) is 2.05. The maximum Gasteiger partial charge on any atom is 0.147 e. The predicted octanol–water partition coefficient (Wildman–Crippen LogP) is 3.33. The smallest absolute Gasteiger partial charge is 0.147 e. The fourth-order valence-corrected chi connectivity index (χ4v) is 1.16. The van der Waals surface area contributed by atoms with Gasteiger partial charge in [0.2, 0.25) is 0 Å². The van der Waals surface area contributed by atoms with Crippen molar-refractivity contribution in [1.29, 1.82) is 0 Å². The molecule has 0 aliphatic rings. The molecule has 1 N–H and O–H groups in total. The Labute approximate surface area is 83.6 Å². The van der Waals surface area contributed by atoms with Crippen LogP contribution < -0.4 is 5.32 Å². The van der Waals surface area contributed by atoms with Gasteiger partial charge in [-0.25, -0.2) is 8.78 Å². The van der Waals surface area contributed by atoms with E-state index in [1.54, 1.807) is 6.08 Å². The number of halogens is 3. The normalized spacial score (nSPS) is 9.77. The van der Waals surface area contributed by atoms with Crippen LogP contribution >= 0.6 is 15.9 Å². The maximum atomic E-state index is 13.1. The van der Waals surface area contributed by atoms with Crippen LogP contribution in [0.5, 0.6) is 0 Å². The highest BCUT2D eigenvalue weighted by Gasteiger charge is 2.06. The first kappa shape index (κ1) is 10.2. The van der Waals surface area contributed by atoms with E-state index < -0.39 is 11.6 Å². The van der Waals surface area contributed by atoms with E-state index in [4.69, 9.17) is 0 Å². The second-order valence-electron chi connectivity index (χ2n) is 2.42. The van der Waals surface area contributed by atoms with Crippen LogP contribution in [0.3, 0.4) is 0 Å². The van der Waals surface area contributed by atoms with Gasteiger partial charge >= 0.3 is 0 Å². The highest BCUT2D eigenvalue weighted by molar-refractivity contribution is 9.10. The second-order valence-corrected chi connectivity index (χ2v) is 3.27. The SMILES string of the molecule is C=CCNc1cc(F)c(Br)cc1F. The summed E-state index contributed by atoms with van der Waals surface area (Å²) in [6.07, 6.45) is 1.57. The van der Waals surface area contributed by atoms with Gasteiger partial charge in [0.25, 0.3) is 0 Å². The molecule has 0 fully saturated rings. The van der Waals surface area contributed by atoms with Gasteiger partial charge in [-0.05, 0) is 22.0 Å². The molecule has 0 atom stereocenters. The molecule has 0 bridgehead atoms. The Morgan fingerprint density at radius 1 is 1.38 bits per heavy atom. The van der Waals surface area contributed by atoms with Crippen LogP contribution in [0.4, 0.5) is 14.5 Å². The lowest BCUT2D eigenvalue weighted by atomic mass is 10.3. The van der Waals surface area contributed by atoms with Crippen molar-refractivity contribution in [3.8, 4) is 0 Å². The molecule has 0 aromatic heterocycles. The maximum absolute atomic E-state index is 13.1. The molecule has 0 radical (unpaired) electrons. The van der Waals surface area contributed by atoms with Crippen LogP contribution in [0.15, 0.2) is 29.3 Å². The van der Waals surface area contributed by atoms with E-state index in [1.807, 2.05) is 0 Å². The number of hydrogen-bond acceptors (Lipinski definition) is 1. The van der Waals surface area contributed by atoms with E-state index in [-0.39, 0.29) is 10.2 Å². The summed E-state index contributed by atoms with van der Waals surface area (Å²) < 4.78 is 26.1. The largest absolute Gasteiger partial charge is 0.379 e. The first-order valence-electron chi connectivity index (χ1n) is 3.64. The highest BCUT2D eigenvalue weighted by atomic mass is 79.9. The number of rotatable bonds is 3. The summed E-state index contributed by atoms with van der Waals surface area (Å²) in [6, 6.07) is 2.18. The molecule has 0 unspecified atom stereocenters. The third kappa shape index (κ3) is 2.52. The van der Waals surface area contributed by atoms with E-state index in [1.165, 1.54) is 0 Å². The molecule has 1 aromatic rings. The summed E-state index contributed by atoms with van der Waals surface area (Å²) in [4.78, 5) is 0. The molecular formula is C9H8BrF2N. The zero-order chi connectivity index (χ0) is 9.84. The molecular weight excluding hydrogens is 240 g/mol. The minimum Gasteiger partial charge on any atom is -0.379 e. The molecule has 13 heavy (non-hydrogen) atoms. The summed E-state index contributed by atoms with van der Waals surface area (Å²) in [7, 11) is 0. The van der Waals surface area contributed by atoms with Gasteiger partial charge in [-0.2, -0.15) is 0 Å². The molecule has 0 heterocycles. The summed E-state index contributed by atoms with van der Waals surface area (Å²) in [6.45, 7) is 3.86. The van der Waals surface area contributed by atoms with Crippen molar-refractivity contribution in [1.82, 2.24) is 0 Å². The lowest BCUT2D eigenvalue weighted by Crippen LogP contribution is -2.01. The van der Waals surface area contributed by atoms with Gasteiger partial charge in [-0.3, -0.25) is 0 Å². The number of nitrogens with one attached hydrogen (secondary N) is 1. The number of benzene rings is 1. The lowest BCUT2D eigenvalue weighted by molar-refractivity contribution is 0.597. The summed E-state index contributed by atoms with van der Waals surface area (Å²) in [5.74, 6) is -0.983. The molecule has 70 valence electrons. The Balaban J connectivity index is 2.94. The van der Waals surface area contributed by atoms with E-state index in [0.717, 1.165) is 12.1 Å². The number of hydrogen-bond donors (Lipinski definition) is 1. The standard InChI is InChI=1S/C9H8BrF2N/c1-2-3-13-9-5-7(11)6(10)4-8(9)12/h2,4-5,13H,1,3H2. The van der Waals surface area contributed by atoms with Crippen molar-refractivity contribution >= 4 is 21.6 Å². The van der Waals surface area contributed by atoms with Crippen LogP contribution in [-0.2, 0) is 0 Å². The molecule has 0 aliphatic heterocycles. The molecule has 0 aliphatic carbocycles. The van der Waals surface area contributed by atoms with Crippen molar-refractivity contribution in [2.75, 3.05) is 11.9 Å². The first-order valence-corrected chi connectivity index (χ1v) is 4.43. The Bertz CT molecular complexity index is 326. The molecule has 0 saturated carbocycles. The van der Waals surface area contributed by atoms with Gasteiger partial charge in [0.1, 0.15) is 11.6 Å². The monoisotopic (exact) mass is 247 g/mol. The fourth-order valence-electron chi connectivity index (χ4n) is 0.840. The van der Waals surface area contributed by atoms with Crippen molar-refractivity contribution in [2.45, 2.75) is 0 Å².